The molecule has 2 heterocycles. The number of anilines is 1. The van der Waals surface area contributed by atoms with Gasteiger partial charge in [0.1, 0.15) is 5.82 Å². The lowest BCUT2D eigenvalue weighted by Gasteiger charge is -2.32. The van der Waals surface area contributed by atoms with Gasteiger partial charge in [-0.15, -0.1) is 24.8 Å². The number of nitrogens with zero attached hydrogens (tertiary/aromatic N) is 2. The van der Waals surface area contributed by atoms with Gasteiger partial charge in [0.05, 0.1) is 23.5 Å². The molecular formula is C18H28Cl3N5O3. The van der Waals surface area contributed by atoms with Crippen molar-refractivity contribution in [3.63, 3.8) is 0 Å². The number of piperidine rings is 1. The fourth-order valence-corrected chi connectivity index (χ4v) is 2.90. The molecule has 1 aliphatic heterocycles. The number of pyridine rings is 1. The van der Waals surface area contributed by atoms with Gasteiger partial charge in [0, 0.05) is 19.3 Å². The largest absolute Gasteiger partial charge is 0.346 e. The fourth-order valence-electron chi connectivity index (χ4n) is 2.79. The average molecular weight is 469 g/mol. The van der Waals surface area contributed by atoms with E-state index < -0.39 is 6.04 Å². The average Bonchev–Trinajstić information content (AvgIpc) is 2.66. The SMILES string of the molecule is CC(C)[C@H](N)C(=O)NCC(=O)N1CCCC(C(=O)Nc2ccc(Cl)cn2)C1.Cl.Cl. The molecule has 0 aliphatic carbocycles. The Bertz CT molecular complexity index is 688. The highest BCUT2D eigenvalue weighted by molar-refractivity contribution is 6.30. The van der Waals surface area contributed by atoms with Crippen LogP contribution in [0.4, 0.5) is 5.82 Å². The molecule has 1 aromatic heterocycles. The van der Waals surface area contributed by atoms with E-state index >= 15 is 0 Å². The summed E-state index contributed by atoms with van der Waals surface area (Å²) in [5.74, 6) is -0.672. The number of hydrogen-bond donors (Lipinski definition) is 3. The molecule has 1 fully saturated rings. The Labute approximate surface area is 188 Å². The highest BCUT2D eigenvalue weighted by Gasteiger charge is 2.29. The van der Waals surface area contributed by atoms with E-state index in [1.807, 2.05) is 13.8 Å². The van der Waals surface area contributed by atoms with Crippen LogP contribution >= 0.6 is 36.4 Å². The third-order valence-corrected chi connectivity index (χ3v) is 4.78. The second kappa shape index (κ2) is 12.8. The maximum atomic E-state index is 12.4. The molecule has 0 aromatic carbocycles. The Morgan fingerprint density at radius 2 is 2.00 bits per heavy atom. The normalized spacial score (nSPS) is 16.9. The zero-order valence-electron chi connectivity index (χ0n) is 16.4. The summed E-state index contributed by atoms with van der Waals surface area (Å²) in [6, 6.07) is 2.62. The van der Waals surface area contributed by atoms with Gasteiger partial charge in [0.2, 0.25) is 17.7 Å². The van der Waals surface area contributed by atoms with Gasteiger partial charge in [-0.25, -0.2) is 4.98 Å². The molecule has 164 valence electrons. The van der Waals surface area contributed by atoms with Gasteiger partial charge in [-0.05, 0) is 30.9 Å². The van der Waals surface area contributed by atoms with Crippen molar-refractivity contribution in [2.45, 2.75) is 32.7 Å². The van der Waals surface area contributed by atoms with Crippen molar-refractivity contribution >= 4 is 60.0 Å². The van der Waals surface area contributed by atoms with Crippen LogP contribution in [0, 0.1) is 11.8 Å². The molecular weight excluding hydrogens is 441 g/mol. The van der Waals surface area contributed by atoms with Gasteiger partial charge in [-0.2, -0.15) is 0 Å². The first-order chi connectivity index (χ1) is 12.8. The standard InChI is InChI=1S/C18H26ClN5O3.2ClH/c1-11(2)16(20)18(27)22-9-15(25)24-7-3-4-12(10-24)17(26)23-14-6-5-13(19)8-21-14;;/h5-6,8,11-12,16H,3-4,7,9-10,20H2,1-2H3,(H,22,27)(H,21,23,26);2*1H/t12?,16-;;/m0../s1. The number of carbonyl (C=O) groups excluding carboxylic acids is 3. The molecule has 3 amide bonds. The Balaban J connectivity index is 0.00000392. The maximum absolute atomic E-state index is 12.4. The molecule has 0 bridgehead atoms. The molecule has 0 radical (unpaired) electrons. The summed E-state index contributed by atoms with van der Waals surface area (Å²) in [6.07, 6.45) is 2.86. The first-order valence-corrected chi connectivity index (χ1v) is 9.39. The zero-order valence-corrected chi connectivity index (χ0v) is 18.8. The van der Waals surface area contributed by atoms with Crippen molar-refractivity contribution < 1.29 is 14.4 Å². The smallest absolute Gasteiger partial charge is 0.241 e. The Morgan fingerprint density at radius 1 is 1.31 bits per heavy atom. The van der Waals surface area contributed by atoms with Crippen LogP contribution in [0.1, 0.15) is 26.7 Å². The Kier molecular flexibility index (Phi) is 12.1. The summed E-state index contributed by atoms with van der Waals surface area (Å²) >= 11 is 5.78. The van der Waals surface area contributed by atoms with E-state index in [4.69, 9.17) is 17.3 Å². The van der Waals surface area contributed by atoms with Crippen LogP contribution in [0.2, 0.25) is 5.02 Å². The van der Waals surface area contributed by atoms with Gasteiger partial charge in [0.15, 0.2) is 0 Å². The summed E-state index contributed by atoms with van der Waals surface area (Å²) in [4.78, 5) is 42.3. The zero-order chi connectivity index (χ0) is 20.0. The number of hydrogen-bond acceptors (Lipinski definition) is 5. The minimum atomic E-state index is -0.649. The molecule has 0 saturated carbocycles. The molecule has 1 aliphatic rings. The number of aromatic nitrogens is 1. The third-order valence-electron chi connectivity index (χ3n) is 4.56. The lowest BCUT2D eigenvalue weighted by Crippen LogP contribution is -2.50. The van der Waals surface area contributed by atoms with E-state index in [2.05, 4.69) is 15.6 Å². The predicted molar refractivity (Wildman–Crippen MR) is 117 cm³/mol. The molecule has 1 aromatic rings. The summed E-state index contributed by atoms with van der Waals surface area (Å²) in [6.45, 7) is 4.44. The second-order valence-electron chi connectivity index (χ2n) is 7.02. The van der Waals surface area contributed by atoms with Crippen molar-refractivity contribution in [2.75, 3.05) is 25.0 Å². The number of nitrogens with one attached hydrogen (secondary N) is 2. The molecule has 2 atom stereocenters. The second-order valence-corrected chi connectivity index (χ2v) is 7.45. The summed E-state index contributed by atoms with van der Waals surface area (Å²) in [5, 5.41) is 5.80. The number of carbonyl (C=O) groups is 3. The van der Waals surface area contributed by atoms with Crippen LogP contribution in [0.5, 0.6) is 0 Å². The molecule has 29 heavy (non-hydrogen) atoms. The molecule has 8 nitrogen and oxygen atoms in total. The molecule has 2 rings (SSSR count). The number of likely N-dealkylation sites (tertiary alicyclic amines) is 1. The summed E-state index contributed by atoms with van der Waals surface area (Å²) < 4.78 is 0. The lowest BCUT2D eigenvalue weighted by atomic mass is 9.97. The molecule has 0 spiro atoms. The van der Waals surface area contributed by atoms with E-state index in [-0.39, 0.29) is 60.9 Å². The number of nitrogens with two attached hydrogens (primary N) is 1. The van der Waals surface area contributed by atoms with Crippen LogP contribution in [0.3, 0.4) is 0 Å². The van der Waals surface area contributed by atoms with Gasteiger partial charge >= 0.3 is 0 Å². The van der Waals surface area contributed by atoms with Crippen LogP contribution in [0.25, 0.3) is 0 Å². The van der Waals surface area contributed by atoms with Gasteiger partial charge < -0.3 is 21.3 Å². The summed E-state index contributed by atoms with van der Waals surface area (Å²) in [7, 11) is 0. The van der Waals surface area contributed by atoms with Gasteiger partial charge in [-0.3, -0.25) is 14.4 Å². The highest BCUT2D eigenvalue weighted by atomic mass is 35.5. The highest BCUT2D eigenvalue weighted by Crippen LogP contribution is 2.19. The molecule has 1 unspecified atom stereocenters. The fraction of sp³-hybridized carbons (Fsp3) is 0.556. The quantitative estimate of drug-likeness (QED) is 0.589. The van der Waals surface area contributed by atoms with Crippen molar-refractivity contribution in [2.24, 2.45) is 17.6 Å². The van der Waals surface area contributed by atoms with Crippen LogP contribution in [-0.4, -0.2) is 53.3 Å². The van der Waals surface area contributed by atoms with Crippen molar-refractivity contribution in [3.05, 3.63) is 23.4 Å². The van der Waals surface area contributed by atoms with E-state index in [9.17, 15) is 14.4 Å². The van der Waals surface area contributed by atoms with E-state index in [0.717, 1.165) is 6.42 Å². The minimum Gasteiger partial charge on any atom is -0.346 e. The van der Waals surface area contributed by atoms with E-state index in [1.165, 1.54) is 6.20 Å². The Hall–Kier alpha value is -1.61. The molecule has 1 saturated heterocycles. The topological polar surface area (TPSA) is 117 Å². The monoisotopic (exact) mass is 467 g/mol. The maximum Gasteiger partial charge on any atom is 0.241 e. The number of rotatable bonds is 6. The van der Waals surface area contributed by atoms with Gasteiger partial charge in [0.25, 0.3) is 0 Å². The minimum absolute atomic E-state index is 0. The van der Waals surface area contributed by atoms with Crippen LogP contribution in [0.15, 0.2) is 18.3 Å². The molecule has 11 heteroatoms. The summed E-state index contributed by atoms with van der Waals surface area (Å²) in [5.41, 5.74) is 5.77. The van der Waals surface area contributed by atoms with Crippen molar-refractivity contribution in [1.29, 1.82) is 0 Å². The lowest BCUT2D eigenvalue weighted by molar-refractivity contribution is -0.136. The van der Waals surface area contributed by atoms with Gasteiger partial charge in [-0.1, -0.05) is 25.4 Å². The van der Waals surface area contributed by atoms with Crippen molar-refractivity contribution in [3.8, 4) is 0 Å². The number of amides is 3. The first-order valence-electron chi connectivity index (χ1n) is 9.01. The third kappa shape index (κ3) is 8.34. The molecule has 4 N–H and O–H groups in total. The number of halogens is 3. The van der Waals surface area contributed by atoms with E-state index in [1.54, 1.807) is 17.0 Å². The van der Waals surface area contributed by atoms with Crippen LogP contribution in [-0.2, 0) is 14.4 Å². The predicted octanol–water partition coefficient (Wildman–Crippen LogP) is 1.86. The first kappa shape index (κ1) is 27.4. The van der Waals surface area contributed by atoms with Crippen LogP contribution < -0.4 is 16.4 Å². The Morgan fingerprint density at radius 3 is 2.59 bits per heavy atom. The van der Waals surface area contributed by atoms with Crippen molar-refractivity contribution in [1.82, 2.24) is 15.2 Å². The van der Waals surface area contributed by atoms with E-state index in [0.29, 0.717) is 30.4 Å².